The minimum Gasteiger partial charge on any atom is -0.487 e. The zero-order valence-electron chi connectivity index (χ0n) is 13.6. The molecule has 1 N–H and O–H groups in total. The molecule has 1 saturated carbocycles. The quantitative estimate of drug-likeness (QED) is 0.760. The van der Waals surface area contributed by atoms with Gasteiger partial charge in [0.05, 0.1) is 5.69 Å². The number of hydrogen-bond acceptors (Lipinski definition) is 5. The van der Waals surface area contributed by atoms with Crippen LogP contribution in [0.1, 0.15) is 28.6 Å². The molecule has 1 aromatic carbocycles. The van der Waals surface area contributed by atoms with Crippen molar-refractivity contribution in [3.05, 3.63) is 62.8 Å². The van der Waals surface area contributed by atoms with Gasteiger partial charge in [0, 0.05) is 29.2 Å². The number of hydrogen-bond donors (Lipinski definition) is 1. The molecule has 2 unspecified atom stereocenters. The largest absolute Gasteiger partial charge is 0.487 e. The van der Waals surface area contributed by atoms with Gasteiger partial charge in [0.2, 0.25) is 0 Å². The lowest BCUT2D eigenvalue weighted by Gasteiger charge is -2.06. The molecule has 7 heteroatoms. The third-order valence-corrected chi connectivity index (χ3v) is 5.47. The molecule has 1 aliphatic carbocycles. The van der Waals surface area contributed by atoms with E-state index in [1.165, 1.54) is 41.7 Å². The molecule has 2 heterocycles. The van der Waals surface area contributed by atoms with Crippen LogP contribution in [0.25, 0.3) is 4.96 Å². The van der Waals surface area contributed by atoms with E-state index in [0.29, 0.717) is 16.4 Å². The van der Waals surface area contributed by atoms with Gasteiger partial charge in [-0.25, -0.2) is 9.37 Å². The summed E-state index contributed by atoms with van der Waals surface area (Å²) in [7, 11) is 0. The Hall–Kier alpha value is -2.25. The van der Waals surface area contributed by atoms with Gasteiger partial charge in [-0.05, 0) is 43.5 Å². The molecular formula is C18H17FN2O3S. The number of ether oxygens (including phenoxy) is 1. The van der Waals surface area contributed by atoms with E-state index in [-0.39, 0.29) is 36.4 Å². The lowest BCUT2D eigenvalue weighted by molar-refractivity contribution is 0.273. The van der Waals surface area contributed by atoms with Crippen molar-refractivity contribution >= 4 is 16.3 Å². The summed E-state index contributed by atoms with van der Waals surface area (Å²) in [5.41, 5.74) is 1.38. The van der Waals surface area contributed by atoms with Crippen LogP contribution in [-0.4, -0.2) is 21.1 Å². The first-order valence-corrected chi connectivity index (χ1v) is 8.89. The van der Waals surface area contributed by atoms with Crippen LogP contribution in [0, 0.1) is 18.7 Å². The smallest absolute Gasteiger partial charge is 0.259 e. The number of benzene rings is 1. The van der Waals surface area contributed by atoms with Gasteiger partial charge < -0.3 is 9.84 Å². The zero-order chi connectivity index (χ0) is 17.6. The van der Waals surface area contributed by atoms with Crippen molar-refractivity contribution < 1.29 is 14.2 Å². The molecule has 0 bridgehead atoms. The second-order valence-electron chi connectivity index (χ2n) is 6.27. The van der Waals surface area contributed by atoms with Crippen LogP contribution in [0.2, 0.25) is 0 Å². The third kappa shape index (κ3) is 3.05. The second kappa shape index (κ2) is 6.24. The predicted molar refractivity (Wildman–Crippen MR) is 92.7 cm³/mol. The van der Waals surface area contributed by atoms with Gasteiger partial charge in [0.25, 0.3) is 5.56 Å². The molecule has 4 rings (SSSR count). The van der Waals surface area contributed by atoms with E-state index in [0.717, 1.165) is 17.0 Å². The Morgan fingerprint density at radius 2 is 2.16 bits per heavy atom. The van der Waals surface area contributed by atoms with Crippen LogP contribution in [0.3, 0.4) is 0 Å². The van der Waals surface area contributed by atoms with Crippen LogP contribution < -0.4 is 10.3 Å². The minimum atomic E-state index is -0.326. The minimum absolute atomic E-state index is 0.134. The van der Waals surface area contributed by atoms with Gasteiger partial charge in [-0.3, -0.25) is 9.20 Å². The third-order valence-electron chi connectivity index (χ3n) is 4.50. The highest BCUT2D eigenvalue weighted by Gasteiger charge is 2.41. The fourth-order valence-corrected chi connectivity index (χ4v) is 4.18. The highest BCUT2D eigenvalue weighted by Crippen LogP contribution is 2.49. The van der Waals surface area contributed by atoms with Crippen LogP contribution in [0.5, 0.6) is 5.75 Å². The fraction of sp³-hybridized carbons (Fsp3) is 0.333. The van der Waals surface area contributed by atoms with Crippen molar-refractivity contribution in [2.24, 2.45) is 5.92 Å². The lowest BCUT2D eigenvalue weighted by atomic mass is 10.2. The first-order valence-electron chi connectivity index (χ1n) is 8.08. The first-order chi connectivity index (χ1) is 12.1. The van der Waals surface area contributed by atoms with E-state index in [1.807, 2.05) is 6.92 Å². The average Bonchev–Trinajstić information content (AvgIpc) is 3.29. The lowest BCUT2D eigenvalue weighted by Crippen LogP contribution is -2.17. The summed E-state index contributed by atoms with van der Waals surface area (Å²) in [6.07, 6.45) is 0.908. The number of aliphatic hydroxyl groups is 1. The van der Waals surface area contributed by atoms with Gasteiger partial charge in [0.1, 0.15) is 18.2 Å². The van der Waals surface area contributed by atoms with Crippen LogP contribution in [-0.2, 0) is 6.61 Å². The molecule has 1 aliphatic rings. The van der Waals surface area contributed by atoms with E-state index in [9.17, 15) is 14.3 Å². The predicted octanol–water partition coefficient (Wildman–Crippen LogP) is 2.88. The summed E-state index contributed by atoms with van der Waals surface area (Å²) in [4.78, 5) is 18.8. The molecule has 0 saturated heterocycles. The Balaban J connectivity index is 1.62. The Labute approximate surface area is 147 Å². The number of thiazole rings is 1. The maximum absolute atomic E-state index is 12.9. The molecule has 5 nitrogen and oxygen atoms in total. The maximum atomic E-state index is 12.9. The number of nitrogens with zero attached hydrogens (tertiary/aromatic N) is 2. The Morgan fingerprint density at radius 3 is 2.84 bits per heavy atom. The molecule has 0 spiro atoms. The molecule has 0 amide bonds. The van der Waals surface area contributed by atoms with Crippen LogP contribution in [0.4, 0.5) is 4.39 Å². The summed E-state index contributed by atoms with van der Waals surface area (Å²) in [6.45, 7) is 2.27. The Morgan fingerprint density at radius 1 is 1.40 bits per heavy atom. The number of rotatable bonds is 5. The van der Waals surface area contributed by atoms with Crippen LogP contribution in [0.15, 0.2) is 35.1 Å². The number of fused-ring (bicyclic) bond motifs is 1. The molecule has 3 aromatic rings. The van der Waals surface area contributed by atoms with Gasteiger partial charge in [-0.15, -0.1) is 11.3 Å². The Kier molecular flexibility index (Phi) is 4.05. The van der Waals surface area contributed by atoms with E-state index in [4.69, 9.17) is 4.74 Å². The molecule has 2 aromatic heterocycles. The van der Waals surface area contributed by atoms with E-state index >= 15 is 0 Å². The van der Waals surface area contributed by atoms with Gasteiger partial charge in [-0.2, -0.15) is 0 Å². The van der Waals surface area contributed by atoms with E-state index in [1.54, 1.807) is 4.40 Å². The Bertz CT molecular complexity index is 980. The summed E-state index contributed by atoms with van der Waals surface area (Å²) in [5, 5.41) is 9.31. The molecule has 0 aliphatic heterocycles. The SMILES string of the molecule is Cc1sc2nc(COc3ccc(F)cc3)cc(=O)n2c1C1CC1CO. The summed E-state index contributed by atoms with van der Waals surface area (Å²) in [5.74, 6) is 0.674. The zero-order valence-corrected chi connectivity index (χ0v) is 14.4. The second-order valence-corrected chi connectivity index (χ2v) is 7.46. The topological polar surface area (TPSA) is 63.8 Å². The highest BCUT2D eigenvalue weighted by molar-refractivity contribution is 7.17. The number of halogens is 1. The monoisotopic (exact) mass is 360 g/mol. The molecule has 2 atom stereocenters. The number of aryl methyl sites for hydroxylation is 1. The van der Waals surface area contributed by atoms with Gasteiger partial charge in [-0.1, -0.05) is 0 Å². The number of aliphatic hydroxyl groups excluding tert-OH is 1. The van der Waals surface area contributed by atoms with Crippen molar-refractivity contribution in [2.45, 2.75) is 25.9 Å². The van der Waals surface area contributed by atoms with Crippen molar-refractivity contribution in [3.8, 4) is 5.75 Å². The van der Waals surface area contributed by atoms with E-state index in [2.05, 4.69) is 4.98 Å². The number of aromatic nitrogens is 2. The normalized spacial score (nSPS) is 19.3. The van der Waals surface area contributed by atoms with Crippen molar-refractivity contribution in [1.82, 2.24) is 9.38 Å². The van der Waals surface area contributed by atoms with Crippen molar-refractivity contribution in [1.29, 1.82) is 0 Å². The molecule has 1 fully saturated rings. The van der Waals surface area contributed by atoms with Gasteiger partial charge >= 0.3 is 0 Å². The van der Waals surface area contributed by atoms with Crippen molar-refractivity contribution in [2.75, 3.05) is 6.61 Å². The van der Waals surface area contributed by atoms with Gasteiger partial charge in [0.15, 0.2) is 4.96 Å². The fourth-order valence-electron chi connectivity index (χ4n) is 3.12. The molecule has 25 heavy (non-hydrogen) atoms. The summed E-state index contributed by atoms with van der Waals surface area (Å²) >= 11 is 1.48. The average molecular weight is 360 g/mol. The first kappa shape index (κ1) is 16.2. The van der Waals surface area contributed by atoms with E-state index < -0.39 is 0 Å². The summed E-state index contributed by atoms with van der Waals surface area (Å²) in [6, 6.07) is 7.20. The van der Waals surface area contributed by atoms with Crippen molar-refractivity contribution in [3.63, 3.8) is 0 Å². The highest BCUT2D eigenvalue weighted by atomic mass is 32.1. The molecule has 0 radical (unpaired) electrons. The standard InChI is InChI=1S/C18H17FN2O3S/c1-10-17(15-6-11(15)8-22)21-16(23)7-13(20-18(21)25-10)9-24-14-4-2-12(19)3-5-14/h2-5,7,11,15,22H,6,8-9H2,1H3. The summed E-state index contributed by atoms with van der Waals surface area (Å²) < 4.78 is 20.1. The molecular weight excluding hydrogens is 343 g/mol. The maximum Gasteiger partial charge on any atom is 0.259 e. The molecule has 130 valence electrons. The van der Waals surface area contributed by atoms with Crippen LogP contribution >= 0.6 is 11.3 Å².